The van der Waals surface area contributed by atoms with Gasteiger partial charge in [-0.25, -0.2) is 19.0 Å². The van der Waals surface area contributed by atoms with Crippen LogP contribution >= 0.6 is 27.5 Å². The second kappa shape index (κ2) is 6.10. The fourth-order valence-corrected chi connectivity index (χ4v) is 4.10. The van der Waals surface area contributed by atoms with Crippen molar-refractivity contribution < 1.29 is 9.18 Å². The Bertz CT molecular complexity index is 935. The highest BCUT2D eigenvalue weighted by atomic mass is 79.9. The first-order chi connectivity index (χ1) is 11.9. The van der Waals surface area contributed by atoms with Crippen LogP contribution < -0.4 is 11.0 Å². The van der Waals surface area contributed by atoms with Gasteiger partial charge in [-0.1, -0.05) is 11.6 Å². The van der Waals surface area contributed by atoms with E-state index in [0.717, 1.165) is 24.1 Å². The average molecular weight is 428 g/mol. The maximum absolute atomic E-state index is 14.1. The second-order valence-electron chi connectivity index (χ2n) is 6.16. The molecule has 1 aromatic carbocycles. The molecule has 0 unspecified atom stereocenters. The SMILES string of the molecule is O=C(Nc1cc(Cl)c(Br)cc1F)N1[C@H]2CC[C@@H]1c1cnc(=O)[nH]c1C2. The molecule has 3 heterocycles. The first kappa shape index (κ1) is 16.5. The third kappa shape index (κ3) is 2.83. The van der Waals surface area contributed by atoms with Gasteiger partial charge in [0.2, 0.25) is 0 Å². The Morgan fingerprint density at radius 3 is 3.04 bits per heavy atom. The third-order valence-corrected chi connectivity index (χ3v) is 5.91. The molecule has 1 fully saturated rings. The molecule has 0 radical (unpaired) electrons. The number of carbonyl (C=O) groups is 1. The molecular weight excluding hydrogens is 415 g/mol. The largest absolute Gasteiger partial charge is 0.345 e. The number of rotatable bonds is 1. The lowest BCUT2D eigenvalue weighted by Crippen LogP contribution is -2.45. The molecule has 0 spiro atoms. The van der Waals surface area contributed by atoms with Crippen molar-refractivity contribution >= 4 is 39.2 Å². The molecule has 2 atom stereocenters. The minimum atomic E-state index is -0.569. The fourth-order valence-electron chi connectivity index (χ4n) is 3.63. The lowest BCUT2D eigenvalue weighted by Gasteiger charge is -2.35. The summed E-state index contributed by atoms with van der Waals surface area (Å²) in [6, 6.07) is 1.99. The number of aromatic amines is 1. The number of H-pyrrole nitrogens is 1. The van der Waals surface area contributed by atoms with Crippen LogP contribution in [-0.4, -0.2) is 26.9 Å². The van der Waals surface area contributed by atoms with Gasteiger partial charge in [0.15, 0.2) is 0 Å². The van der Waals surface area contributed by atoms with Crippen LogP contribution in [0.1, 0.15) is 30.1 Å². The molecule has 2 aromatic rings. The van der Waals surface area contributed by atoms with E-state index >= 15 is 0 Å². The Hall–Kier alpha value is -1.93. The highest BCUT2D eigenvalue weighted by Gasteiger charge is 2.43. The number of carbonyl (C=O) groups excluding carboxylic acids is 1. The summed E-state index contributed by atoms with van der Waals surface area (Å²) in [5.41, 5.74) is 1.32. The fraction of sp³-hybridized carbons (Fsp3) is 0.312. The van der Waals surface area contributed by atoms with E-state index < -0.39 is 5.82 Å². The minimum Gasteiger partial charge on any atom is -0.314 e. The van der Waals surface area contributed by atoms with Gasteiger partial charge in [-0.05, 0) is 40.9 Å². The van der Waals surface area contributed by atoms with Crippen LogP contribution in [-0.2, 0) is 6.42 Å². The first-order valence-electron chi connectivity index (χ1n) is 7.76. The van der Waals surface area contributed by atoms with Crippen molar-refractivity contribution in [3.8, 4) is 0 Å². The topological polar surface area (TPSA) is 78.1 Å². The highest BCUT2D eigenvalue weighted by molar-refractivity contribution is 9.10. The normalized spacial score (nSPS) is 21.2. The maximum atomic E-state index is 14.1. The molecule has 1 saturated heterocycles. The monoisotopic (exact) mass is 426 g/mol. The van der Waals surface area contributed by atoms with E-state index in [-0.39, 0.29) is 29.5 Å². The van der Waals surface area contributed by atoms with Gasteiger partial charge < -0.3 is 15.2 Å². The summed E-state index contributed by atoms with van der Waals surface area (Å²) in [5.74, 6) is -0.569. The molecule has 130 valence electrons. The Morgan fingerprint density at radius 2 is 2.24 bits per heavy atom. The van der Waals surface area contributed by atoms with Crippen molar-refractivity contribution in [1.29, 1.82) is 0 Å². The summed E-state index contributed by atoms with van der Waals surface area (Å²) >= 11 is 9.13. The van der Waals surface area contributed by atoms with E-state index in [1.54, 1.807) is 4.90 Å². The molecule has 0 saturated carbocycles. The molecule has 2 bridgehead atoms. The van der Waals surface area contributed by atoms with E-state index in [1.807, 2.05) is 0 Å². The van der Waals surface area contributed by atoms with E-state index in [1.165, 1.54) is 18.3 Å². The number of anilines is 1. The predicted octanol–water partition coefficient (Wildman–Crippen LogP) is 3.62. The number of benzene rings is 1. The number of hydrogen-bond acceptors (Lipinski definition) is 3. The number of hydrogen-bond donors (Lipinski definition) is 2. The zero-order valence-corrected chi connectivity index (χ0v) is 15.2. The van der Waals surface area contributed by atoms with Crippen LogP contribution in [0.4, 0.5) is 14.9 Å². The molecule has 2 aliphatic heterocycles. The summed E-state index contributed by atoms with van der Waals surface area (Å²) in [6.45, 7) is 0. The van der Waals surface area contributed by atoms with Crippen LogP contribution in [0, 0.1) is 5.82 Å². The molecule has 0 aliphatic carbocycles. The molecule has 25 heavy (non-hydrogen) atoms. The van der Waals surface area contributed by atoms with Gasteiger partial charge in [0.25, 0.3) is 0 Å². The first-order valence-corrected chi connectivity index (χ1v) is 8.93. The Balaban J connectivity index is 1.63. The van der Waals surface area contributed by atoms with Crippen LogP contribution in [0.2, 0.25) is 5.02 Å². The van der Waals surface area contributed by atoms with Crippen LogP contribution in [0.5, 0.6) is 0 Å². The summed E-state index contributed by atoms with van der Waals surface area (Å²) in [5, 5.41) is 2.92. The summed E-state index contributed by atoms with van der Waals surface area (Å²) in [7, 11) is 0. The number of aromatic nitrogens is 2. The van der Waals surface area contributed by atoms with Crippen molar-refractivity contribution in [3.63, 3.8) is 0 Å². The molecule has 4 rings (SSSR count). The van der Waals surface area contributed by atoms with Crippen LogP contribution in [0.3, 0.4) is 0 Å². The van der Waals surface area contributed by atoms with Gasteiger partial charge in [-0.2, -0.15) is 0 Å². The standard InChI is InChI=1S/C16H13BrClFN4O2/c17-9-4-11(19)13(5-10(9)18)22-16(25)23-7-1-2-14(23)8-6-20-15(24)21-12(8)3-7/h4-7,14H,1-3H2,(H,22,25)(H,20,21,24)/t7-,14+/m0/s1. The molecule has 2 N–H and O–H groups in total. The third-order valence-electron chi connectivity index (χ3n) is 4.71. The van der Waals surface area contributed by atoms with E-state index in [2.05, 4.69) is 31.2 Å². The minimum absolute atomic E-state index is 0.0305. The van der Waals surface area contributed by atoms with E-state index in [9.17, 15) is 14.0 Å². The molecule has 2 amide bonds. The van der Waals surface area contributed by atoms with Crippen molar-refractivity contribution in [2.75, 3.05) is 5.32 Å². The lowest BCUT2D eigenvalue weighted by molar-refractivity contribution is 0.178. The summed E-state index contributed by atoms with van der Waals surface area (Å²) < 4.78 is 14.5. The van der Waals surface area contributed by atoms with Crippen LogP contribution in [0.25, 0.3) is 0 Å². The summed E-state index contributed by atoms with van der Waals surface area (Å²) in [4.78, 5) is 32.4. The highest BCUT2D eigenvalue weighted by Crippen LogP contribution is 2.42. The number of amides is 2. The zero-order chi connectivity index (χ0) is 17.7. The Labute approximate surface area is 155 Å². The molecular formula is C16H13BrClFN4O2. The lowest BCUT2D eigenvalue weighted by atomic mass is 10.00. The van der Waals surface area contributed by atoms with Gasteiger partial charge >= 0.3 is 11.7 Å². The molecule has 1 aromatic heterocycles. The van der Waals surface area contributed by atoms with Gasteiger partial charge in [0.1, 0.15) is 5.82 Å². The molecule has 2 aliphatic rings. The second-order valence-corrected chi connectivity index (χ2v) is 7.42. The zero-order valence-electron chi connectivity index (χ0n) is 12.9. The van der Waals surface area contributed by atoms with Gasteiger partial charge in [-0.3, -0.25) is 0 Å². The molecule has 6 nitrogen and oxygen atoms in total. The summed E-state index contributed by atoms with van der Waals surface area (Å²) in [6.07, 6.45) is 3.68. The number of urea groups is 1. The Kier molecular flexibility index (Phi) is 4.04. The number of nitrogens with zero attached hydrogens (tertiary/aromatic N) is 2. The average Bonchev–Trinajstić information content (AvgIpc) is 2.88. The van der Waals surface area contributed by atoms with Gasteiger partial charge in [0, 0.05) is 34.4 Å². The van der Waals surface area contributed by atoms with Crippen molar-refractivity contribution in [2.45, 2.75) is 31.3 Å². The van der Waals surface area contributed by atoms with Gasteiger partial charge in [-0.15, -0.1) is 0 Å². The molecule has 9 heteroatoms. The van der Waals surface area contributed by atoms with Crippen molar-refractivity contribution in [3.05, 3.63) is 55.4 Å². The van der Waals surface area contributed by atoms with E-state index in [0.29, 0.717) is 15.9 Å². The Morgan fingerprint density at radius 1 is 1.44 bits per heavy atom. The quantitative estimate of drug-likeness (QED) is 0.682. The maximum Gasteiger partial charge on any atom is 0.345 e. The van der Waals surface area contributed by atoms with Crippen molar-refractivity contribution in [1.82, 2.24) is 14.9 Å². The van der Waals surface area contributed by atoms with Gasteiger partial charge in [0.05, 0.1) is 16.8 Å². The van der Waals surface area contributed by atoms with Crippen molar-refractivity contribution in [2.24, 2.45) is 0 Å². The number of halogens is 3. The smallest absolute Gasteiger partial charge is 0.314 e. The predicted molar refractivity (Wildman–Crippen MR) is 94.3 cm³/mol. The number of nitrogens with one attached hydrogen (secondary N) is 2. The number of fused-ring (bicyclic) bond motifs is 4. The van der Waals surface area contributed by atoms with Crippen LogP contribution in [0.15, 0.2) is 27.6 Å². The van der Waals surface area contributed by atoms with E-state index in [4.69, 9.17) is 11.6 Å².